The number of carboxylic acids is 2. The normalized spacial score (nSPS) is 17.0. The molecule has 8 heteroatoms. The molecule has 4 N–H and O–H groups in total. The molecule has 248 valence electrons. The highest BCUT2D eigenvalue weighted by Crippen LogP contribution is 2.51. The van der Waals surface area contributed by atoms with Crippen LogP contribution >= 0.6 is 0 Å². The number of aliphatic carboxylic acids is 2. The Morgan fingerprint density at radius 1 is 0.864 bits per heavy atom. The molecule has 0 spiro atoms. The summed E-state index contributed by atoms with van der Waals surface area (Å²) < 4.78 is 11.8. The standard InChI is InChI=1S/C36H58N2O6/c1-6-8-9-10-11-12-13-14-15-16-17-18-19-21-28-22-20-23-30(44-7-2)32(28)36(4)31(34(39)40)27(3)38(5)29(26-43-25-24-37)33(36)35(41)42/h20,22-23H,6-19,21,24-26,37H2,1-5H3,(H,39,40)(H,41,42). The largest absolute Gasteiger partial charge is 0.494 e. The lowest BCUT2D eigenvalue weighted by atomic mass is 9.65. The van der Waals surface area contributed by atoms with Crippen LogP contribution in [0.1, 0.15) is 122 Å². The Labute approximate surface area is 265 Å². The smallest absolute Gasteiger partial charge is 0.334 e. The first-order valence-corrected chi connectivity index (χ1v) is 16.8. The van der Waals surface area contributed by atoms with Crippen LogP contribution in [0.3, 0.4) is 0 Å². The zero-order valence-corrected chi connectivity index (χ0v) is 28.0. The van der Waals surface area contributed by atoms with Crippen LogP contribution in [-0.4, -0.2) is 60.5 Å². The number of carbonyl (C=O) groups is 2. The molecule has 0 fully saturated rings. The summed E-state index contributed by atoms with van der Waals surface area (Å²) in [5.41, 5.74) is 6.56. The maximum Gasteiger partial charge on any atom is 0.334 e. The van der Waals surface area contributed by atoms with Gasteiger partial charge < -0.3 is 30.3 Å². The molecule has 0 amide bonds. The van der Waals surface area contributed by atoms with Gasteiger partial charge >= 0.3 is 11.9 Å². The van der Waals surface area contributed by atoms with E-state index in [1.165, 1.54) is 64.2 Å². The summed E-state index contributed by atoms with van der Waals surface area (Å²) in [5, 5.41) is 21.2. The van der Waals surface area contributed by atoms with Crippen LogP contribution in [0.25, 0.3) is 0 Å². The highest BCUT2D eigenvalue weighted by atomic mass is 16.5. The summed E-state index contributed by atoms with van der Waals surface area (Å²) in [6.07, 6.45) is 17.0. The van der Waals surface area contributed by atoms with Crippen molar-refractivity contribution < 1.29 is 29.3 Å². The lowest BCUT2D eigenvalue weighted by Crippen LogP contribution is -2.45. The molecule has 1 aromatic rings. The molecule has 8 nitrogen and oxygen atoms in total. The number of hydrogen-bond donors (Lipinski definition) is 3. The topological polar surface area (TPSA) is 122 Å². The summed E-state index contributed by atoms with van der Waals surface area (Å²) in [6.45, 7) is 8.49. The molecule has 0 saturated heterocycles. The Balaban J connectivity index is 2.30. The molecule has 44 heavy (non-hydrogen) atoms. The van der Waals surface area contributed by atoms with Gasteiger partial charge in [0.25, 0.3) is 0 Å². The van der Waals surface area contributed by atoms with Crippen LogP contribution in [0.15, 0.2) is 40.7 Å². The Morgan fingerprint density at radius 2 is 1.41 bits per heavy atom. The number of hydrogen-bond acceptors (Lipinski definition) is 6. The van der Waals surface area contributed by atoms with Crippen molar-refractivity contribution in [2.45, 2.75) is 123 Å². The van der Waals surface area contributed by atoms with Gasteiger partial charge in [-0.05, 0) is 45.2 Å². The predicted octanol–water partition coefficient (Wildman–Crippen LogP) is 7.59. The summed E-state index contributed by atoms with van der Waals surface area (Å²) in [4.78, 5) is 27.6. The van der Waals surface area contributed by atoms with Gasteiger partial charge in [-0.2, -0.15) is 0 Å². The van der Waals surface area contributed by atoms with E-state index >= 15 is 0 Å². The third-order valence-corrected chi connectivity index (χ3v) is 8.95. The number of ether oxygens (including phenoxy) is 2. The van der Waals surface area contributed by atoms with E-state index in [0.717, 1.165) is 24.8 Å². The van der Waals surface area contributed by atoms with Crippen molar-refractivity contribution in [1.82, 2.24) is 4.90 Å². The zero-order chi connectivity index (χ0) is 32.5. The van der Waals surface area contributed by atoms with Crippen molar-refractivity contribution in [3.63, 3.8) is 0 Å². The van der Waals surface area contributed by atoms with Gasteiger partial charge in [0.05, 0.1) is 42.1 Å². The summed E-state index contributed by atoms with van der Waals surface area (Å²) in [6, 6.07) is 5.71. The molecule has 1 aromatic carbocycles. The third kappa shape index (κ3) is 9.83. The van der Waals surface area contributed by atoms with Gasteiger partial charge in [-0.3, -0.25) is 0 Å². The quantitative estimate of drug-likeness (QED) is 0.108. The highest BCUT2D eigenvalue weighted by molar-refractivity contribution is 6.01. The van der Waals surface area contributed by atoms with Crippen molar-refractivity contribution >= 4 is 11.9 Å². The SMILES string of the molecule is CCCCCCCCCCCCCCCc1cccc(OCC)c1C1(C)C(C(=O)O)=C(C)N(C)C(COCCN)=C1C(=O)O. The summed E-state index contributed by atoms with van der Waals surface area (Å²) >= 11 is 0. The number of allylic oxidation sites excluding steroid dienone is 1. The van der Waals surface area contributed by atoms with Gasteiger partial charge in [-0.1, -0.05) is 96.1 Å². The van der Waals surface area contributed by atoms with E-state index in [4.69, 9.17) is 15.2 Å². The average Bonchev–Trinajstić information content (AvgIpc) is 2.98. The minimum absolute atomic E-state index is 0.000153. The number of rotatable bonds is 23. The maximum atomic E-state index is 13.1. The maximum absolute atomic E-state index is 13.1. The molecule has 0 aromatic heterocycles. The molecular weight excluding hydrogens is 556 g/mol. The predicted molar refractivity (Wildman–Crippen MR) is 177 cm³/mol. The fraction of sp³-hybridized carbons (Fsp3) is 0.667. The first kappa shape index (κ1) is 37.3. The van der Waals surface area contributed by atoms with Gasteiger partial charge in [0.2, 0.25) is 0 Å². The van der Waals surface area contributed by atoms with E-state index in [-0.39, 0.29) is 24.4 Å². The van der Waals surface area contributed by atoms with Gasteiger partial charge in [-0.15, -0.1) is 0 Å². The Hall–Kier alpha value is -2.84. The summed E-state index contributed by atoms with van der Waals surface area (Å²) in [5.74, 6) is -1.83. The monoisotopic (exact) mass is 614 g/mol. The van der Waals surface area contributed by atoms with E-state index in [1.807, 2.05) is 25.1 Å². The number of nitrogens with two attached hydrogens (primary N) is 1. The van der Waals surface area contributed by atoms with E-state index in [0.29, 0.717) is 42.3 Å². The van der Waals surface area contributed by atoms with Crippen molar-refractivity contribution in [1.29, 1.82) is 0 Å². The van der Waals surface area contributed by atoms with Crippen LogP contribution < -0.4 is 10.5 Å². The first-order chi connectivity index (χ1) is 21.2. The highest BCUT2D eigenvalue weighted by Gasteiger charge is 2.51. The van der Waals surface area contributed by atoms with Gasteiger partial charge in [0.1, 0.15) is 5.75 Å². The summed E-state index contributed by atoms with van der Waals surface area (Å²) in [7, 11) is 1.69. The molecule has 0 saturated carbocycles. The van der Waals surface area contributed by atoms with Gasteiger partial charge in [0.15, 0.2) is 0 Å². The van der Waals surface area contributed by atoms with Gasteiger partial charge in [-0.25, -0.2) is 9.59 Å². The van der Waals surface area contributed by atoms with Crippen LogP contribution in [0, 0.1) is 0 Å². The van der Waals surface area contributed by atoms with Crippen LogP contribution in [-0.2, 0) is 26.2 Å². The Morgan fingerprint density at radius 3 is 1.91 bits per heavy atom. The van der Waals surface area contributed by atoms with Crippen molar-refractivity contribution in [2.24, 2.45) is 5.73 Å². The van der Waals surface area contributed by atoms with Crippen molar-refractivity contribution in [3.05, 3.63) is 51.9 Å². The molecule has 1 aliphatic heterocycles. The lowest BCUT2D eigenvalue weighted by molar-refractivity contribution is -0.134. The average molecular weight is 615 g/mol. The number of benzene rings is 1. The molecule has 1 unspecified atom stereocenters. The fourth-order valence-corrected chi connectivity index (χ4v) is 6.65. The van der Waals surface area contributed by atoms with Crippen LogP contribution in [0.4, 0.5) is 0 Å². The van der Waals surface area contributed by atoms with Crippen molar-refractivity contribution in [2.75, 3.05) is 33.4 Å². The molecular formula is C36H58N2O6. The zero-order valence-electron chi connectivity index (χ0n) is 28.0. The molecule has 1 atom stereocenters. The number of nitrogens with zero attached hydrogens (tertiary/aromatic N) is 1. The van der Waals surface area contributed by atoms with Crippen molar-refractivity contribution in [3.8, 4) is 5.75 Å². The molecule has 0 aliphatic carbocycles. The first-order valence-electron chi connectivity index (χ1n) is 16.8. The Kier molecular flexibility index (Phi) is 16.6. The number of carboxylic acid groups (broad SMARTS) is 2. The second-order valence-electron chi connectivity index (χ2n) is 12.1. The second kappa shape index (κ2) is 19.5. The molecule has 0 radical (unpaired) electrons. The van der Waals surface area contributed by atoms with E-state index in [2.05, 4.69) is 6.92 Å². The van der Waals surface area contributed by atoms with Gasteiger partial charge in [0, 0.05) is 24.9 Å². The third-order valence-electron chi connectivity index (χ3n) is 8.95. The Bertz CT molecular complexity index is 1130. The van der Waals surface area contributed by atoms with E-state index in [1.54, 1.807) is 25.8 Å². The molecule has 2 rings (SSSR count). The number of aryl methyl sites for hydroxylation is 1. The fourth-order valence-electron chi connectivity index (χ4n) is 6.65. The minimum atomic E-state index is -1.48. The molecule has 1 heterocycles. The van der Waals surface area contributed by atoms with Crippen LogP contribution in [0.2, 0.25) is 0 Å². The lowest BCUT2D eigenvalue weighted by Gasteiger charge is -2.43. The second-order valence-corrected chi connectivity index (χ2v) is 12.1. The molecule has 0 bridgehead atoms. The number of likely N-dealkylation sites (N-methyl/N-ethyl adjacent to an activating group) is 1. The van der Waals surface area contributed by atoms with Crippen LogP contribution in [0.5, 0.6) is 5.75 Å². The minimum Gasteiger partial charge on any atom is -0.494 e. The van der Waals surface area contributed by atoms with E-state index < -0.39 is 17.4 Å². The number of unbranched alkanes of at least 4 members (excludes halogenated alkanes) is 12. The molecule has 1 aliphatic rings. The van der Waals surface area contributed by atoms with E-state index in [9.17, 15) is 19.8 Å².